The summed E-state index contributed by atoms with van der Waals surface area (Å²) in [5.74, 6) is -0.379. The number of carbonyl (C=O) groups is 1. The largest absolute Gasteiger partial charge is 0.302 e. The summed E-state index contributed by atoms with van der Waals surface area (Å²) < 4.78 is 17.0. The minimum Gasteiger partial charge on any atom is -0.302 e. The van der Waals surface area contributed by atoms with Crippen LogP contribution in [0.3, 0.4) is 0 Å². The molecule has 0 fully saturated rings. The maximum Gasteiger partial charge on any atom is 0.277 e. The van der Waals surface area contributed by atoms with Crippen LogP contribution < -0.4 is 5.32 Å². The van der Waals surface area contributed by atoms with Gasteiger partial charge >= 0.3 is 0 Å². The van der Waals surface area contributed by atoms with Crippen LogP contribution in [-0.2, 0) is 13.2 Å². The number of nitrogens with one attached hydrogen (secondary N) is 1. The van der Waals surface area contributed by atoms with Gasteiger partial charge in [0, 0.05) is 28.5 Å². The predicted molar refractivity (Wildman–Crippen MR) is 127 cm³/mol. The number of halogens is 3. The molecule has 3 heterocycles. The number of amides is 1. The Bertz CT molecular complexity index is 1480. The maximum atomic E-state index is 14.1. The lowest BCUT2D eigenvalue weighted by Gasteiger charge is -2.05. The van der Waals surface area contributed by atoms with Gasteiger partial charge < -0.3 is 5.32 Å². The summed E-state index contributed by atoms with van der Waals surface area (Å²) in [6.07, 6.45) is 3.08. The number of benzene rings is 2. The Labute approximate surface area is 207 Å². The molecule has 3 aromatic heterocycles. The van der Waals surface area contributed by atoms with E-state index in [0.717, 1.165) is 5.56 Å². The first-order chi connectivity index (χ1) is 17.0. The highest BCUT2D eigenvalue weighted by Crippen LogP contribution is 2.24. The van der Waals surface area contributed by atoms with Crippen molar-refractivity contribution in [1.82, 2.24) is 39.8 Å². The van der Waals surface area contributed by atoms with Crippen LogP contribution in [0, 0.1) is 5.82 Å². The number of rotatable bonds is 7. The predicted octanol–water partition coefficient (Wildman–Crippen LogP) is 3.99. The fourth-order valence-electron chi connectivity index (χ4n) is 3.28. The summed E-state index contributed by atoms with van der Waals surface area (Å²) in [6.45, 7) is 0.206. The van der Waals surface area contributed by atoms with Gasteiger partial charge in [0.05, 0.1) is 6.54 Å². The van der Waals surface area contributed by atoms with Crippen molar-refractivity contribution in [2.24, 2.45) is 0 Å². The summed E-state index contributed by atoms with van der Waals surface area (Å²) in [5, 5.41) is 23.9. The third-order valence-electron chi connectivity index (χ3n) is 4.96. The zero-order valence-corrected chi connectivity index (χ0v) is 19.4. The van der Waals surface area contributed by atoms with Crippen LogP contribution in [0.1, 0.15) is 16.1 Å². The van der Waals surface area contributed by atoms with Crippen molar-refractivity contribution in [2.75, 3.05) is 5.32 Å². The number of nitrogens with zero attached hydrogens (tertiary/aromatic N) is 8. The Morgan fingerprint density at radius 3 is 2.57 bits per heavy atom. The lowest BCUT2D eigenvalue weighted by molar-refractivity contribution is 0.102. The highest BCUT2D eigenvalue weighted by Gasteiger charge is 2.16. The average molecular weight is 512 g/mol. The van der Waals surface area contributed by atoms with Crippen LogP contribution in [0.2, 0.25) is 10.0 Å². The molecular formula is C22H16Cl2FN9O. The molecule has 0 atom stereocenters. The summed E-state index contributed by atoms with van der Waals surface area (Å²) in [7, 11) is 0. The molecule has 0 unspecified atom stereocenters. The van der Waals surface area contributed by atoms with Gasteiger partial charge in [0.15, 0.2) is 18.2 Å². The van der Waals surface area contributed by atoms with Crippen LogP contribution in [0.15, 0.2) is 67.0 Å². The summed E-state index contributed by atoms with van der Waals surface area (Å²) in [5.41, 5.74) is 1.24. The number of tetrazole rings is 1. The van der Waals surface area contributed by atoms with Crippen molar-refractivity contribution < 1.29 is 9.18 Å². The molecule has 0 saturated heterocycles. The number of hydrogen-bond acceptors (Lipinski definition) is 6. The molecule has 0 radical (unpaired) electrons. The molecule has 0 aliphatic rings. The quantitative estimate of drug-likeness (QED) is 0.354. The first-order valence-electron chi connectivity index (χ1n) is 10.3. The van der Waals surface area contributed by atoms with E-state index in [2.05, 4.69) is 30.9 Å². The van der Waals surface area contributed by atoms with Gasteiger partial charge in [-0.05, 0) is 23.4 Å². The van der Waals surface area contributed by atoms with E-state index in [0.29, 0.717) is 5.82 Å². The van der Waals surface area contributed by atoms with Crippen molar-refractivity contribution in [2.45, 2.75) is 13.2 Å². The van der Waals surface area contributed by atoms with Crippen molar-refractivity contribution >= 4 is 34.9 Å². The highest BCUT2D eigenvalue weighted by molar-refractivity contribution is 6.33. The summed E-state index contributed by atoms with van der Waals surface area (Å²) in [4.78, 5) is 14.0. The van der Waals surface area contributed by atoms with Crippen molar-refractivity contribution in [3.8, 4) is 11.4 Å². The van der Waals surface area contributed by atoms with E-state index in [1.165, 1.54) is 38.6 Å². The second-order valence-corrected chi connectivity index (χ2v) is 8.23. The van der Waals surface area contributed by atoms with E-state index in [1.807, 2.05) is 30.3 Å². The van der Waals surface area contributed by atoms with Gasteiger partial charge in [0.25, 0.3) is 5.91 Å². The van der Waals surface area contributed by atoms with Crippen LogP contribution in [-0.4, -0.2) is 45.7 Å². The summed E-state index contributed by atoms with van der Waals surface area (Å²) in [6, 6.07) is 15.4. The molecule has 1 N–H and O–H groups in total. The molecule has 5 rings (SSSR count). The lowest BCUT2D eigenvalue weighted by Crippen LogP contribution is -2.16. The smallest absolute Gasteiger partial charge is 0.277 e. The standard InChI is InChI=1S/C22H16Cl2FN9O/c23-16-7-4-8-18(25)15(16)11-33-12-17(24)21(29-33)26-22(35)19-9-10-32(28-19)13-34-30-20(27-31-34)14-5-2-1-3-6-14/h1-10,12H,11,13H2,(H,26,29,35). The normalized spacial score (nSPS) is 11.1. The molecule has 2 aromatic carbocycles. The highest BCUT2D eigenvalue weighted by atomic mass is 35.5. The van der Waals surface area contributed by atoms with Gasteiger partial charge in [-0.25, -0.2) is 9.07 Å². The molecule has 0 saturated carbocycles. The van der Waals surface area contributed by atoms with Gasteiger partial charge in [0.2, 0.25) is 5.82 Å². The number of carbonyl (C=O) groups excluding carboxylic acids is 1. The Kier molecular flexibility index (Phi) is 6.25. The Morgan fingerprint density at radius 2 is 1.77 bits per heavy atom. The second kappa shape index (κ2) is 9.65. The number of aromatic nitrogens is 8. The Balaban J connectivity index is 1.25. The molecule has 0 aliphatic carbocycles. The first kappa shape index (κ1) is 22.7. The molecule has 35 heavy (non-hydrogen) atoms. The fraction of sp³-hybridized carbons (Fsp3) is 0.0909. The first-order valence-corrected chi connectivity index (χ1v) is 11.1. The number of hydrogen-bond donors (Lipinski definition) is 1. The molecule has 0 aliphatic heterocycles. The molecule has 0 spiro atoms. The Hall–Kier alpha value is -4.09. The average Bonchev–Trinajstić information content (AvgIpc) is 3.58. The van der Waals surface area contributed by atoms with Crippen LogP contribution >= 0.6 is 23.2 Å². The SMILES string of the molecule is O=C(Nc1nn(Cc2c(F)cccc2Cl)cc1Cl)c1ccn(Cn2nnc(-c3ccccc3)n2)n1. The topological polar surface area (TPSA) is 108 Å². The fourth-order valence-corrected chi connectivity index (χ4v) is 3.70. The van der Waals surface area contributed by atoms with Crippen LogP contribution in [0.5, 0.6) is 0 Å². The summed E-state index contributed by atoms with van der Waals surface area (Å²) >= 11 is 12.3. The van der Waals surface area contributed by atoms with Gasteiger partial charge in [-0.1, -0.05) is 59.6 Å². The van der Waals surface area contributed by atoms with Gasteiger partial charge in [0.1, 0.15) is 10.8 Å². The van der Waals surface area contributed by atoms with Crippen molar-refractivity contribution in [3.05, 3.63) is 94.1 Å². The van der Waals surface area contributed by atoms with E-state index in [4.69, 9.17) is 23.2 Å². The molecule has 0 bridgehead atoms. The molecular weight excluding hydrogens is 496 g/mol. The van der Waals surface area contributed by atoms with E-state index in [-0.39, 0.29) is 40.3 Å². The van der Waals surface area contributed by atoms with Gasteiger partial charge in [-0.15, -0.1) is 15.0 Å². The van der Waals surface area contributed by atoms with E-state index < -0.39 is 11.7 Å². The minimum absolute atomic E-state index is 0.0472. The van der Waals surface area contributed by atoms with Gasteiger partial charge in [-0.3, -0.25) is 9.48 Å². The van der Waals surface area contributed by atoms with Crippen LogP contribution in [0.4, 0.5) is 10.2 Å². The third kappa shape index (κ3) is 5.05. The van der Waals surface area contributed by atoms with E-state index in [9.17, 15) is 9.18 Å². The monoisotopic (exact) mass is 511 g/mol. The van der Waals surface area contributed by atoms with Crippen LogP contribution in [0.25, 0.3) is 11.4 Å². The van der Waals surface area contributed by atoms with Crippen molar-refractivity contribution in [1.29, 1.82) is 0 Å². The lowest BCUT2D eigenvalue weighted by atomic mass is 10.2. The van der Waals surface area contributed by atoms with E-state index >= 15 is 0 Å². The van der Waals surface area contributed by atoms with E-state index in [1.54, 1.807) is 12.3 Å². The maximum absolute atomic E-state index is 14.1. The van der Waals surface area contributed by atoms with Gasteiger partial charge in [-0.2, -0.15) is 10.2 Å². The number of anilines is 1. The Morgan fingerprint density at radius 1 is 0.943 bits per heavy atom. The molecule has 5 aromatic rings. The zero-order valence-electron chi connectivity index (χ0n) is 17.9. The molecule has 10 nitrogen and oxygen atoms in total. The molecule has 13 heteroatoms. The molecule has 1 amide bonds. The zero-order chi connectivity index (χ0) is 24.4. The third-order valence-corrected chi connectivity index (χ3v) is 5.59. The van der Waals surface area contributed by atoms with Crippen molar-refractivity contribution in [3.63, 3.8) is 0 Å². The minimum atomic E-state index is -0.517. The molecule has 176 valence electrons. The second-order valence-electron chi connectivity index (χ2n) is 7.41.